The monoisotopic (exact) mass is 412 g/mol. The minimum atomic E-state index is -4.01. The van der Waals surface area contributed by atoms with Gasteiger partial charge in [0.2, 0.25) is 0 Å². The van der Waals surface area contributed by atoms with Gasteiger partial charge in [-0.3, -0.25) is 4.72 Å². The van der Waals surface area contributed by atoms with Crippen molar-refractivity contribution in [2.24, 2.45) is 0 Å². The van der Waals surface area contributed by atoms with Gasteiger partial charge in [-0.1, -0.05) is 29.3 Å². The molecule has 0 radical (unpaired) electrons. The fraction of sp³-hybridized carbons (Fsp3) is 0. The van der Waals surface area contributed by atoms with Crippen molar-refractivity contribution in [1.29, 1.82) is 0 Å². The van der Waals surface area contributed by atoms with Crippen molar-refractivity contribution in [3.05, 3.63) is 50.7 Å². The maximum atomic E-state index is 13.3. The van der Waals surface area contributed by atoms with Crippen LogP contribution < -0.4 is 10.5 Å². The van der Waals surface area contributed by atoms with E-state index < -0.39 is 15.8 Å². The van der Waals surface area contributed by atoms with Crippen LogP contribution in [-0.2, 0) is 10.0 Å². The molecule has 0 bridgehead atoms. The van der Waals surface area contributed by atoms with Crippen LogP contribution >= 0.6 is 39.1 Å². The maximum Gasteiger partial charge on any atom is 0.263 e. The first-order chi connectivity index (χ1) is 9.72. The molecule has 0 atom stereocenters. The first-order valence-electron chi connectivity index (χ1n) is 5.43. The van der Waals surface area contributed by atoms with Crippen molar-refractivity contribution in [2.75, 3.05) is 10.5 Å². The van der Waals surface area contributed by atoms with Crippen LogP contribution in [0.1, 0.15) is 0 Å². The van der Waals surface area contributed by atoms with E-state index in [9.17, 15) is 12.8 Å². The van der Waals surface area contributed by atoms with E-state index in [1.165, 1.54) is 12.1 Å². The lowest BCUT2D eigenvalue weighted by Crippen LogP contribution is -2.14. The highest BCUT2D eigenvalue weighted by Crippen LogP contribution is 2.33. The second-order valence-corrected chi connectivity index (χ2v) is 7.30. The molecule has 2 rings (SSSR count). The number of sulfonamides is 1. The van der Waals surface area contributed by atoms with Crippen molar-refractivity contribution in [3.63, 3.8) is 0 Å². The lowest BCUT2D eigenvalue weighted by Gasteiger charge is -2.12. The number of hydrogen-bond acceptors (Lipinski definition) is 3. The van der Waals surface area contributed by atoms with Crippen LogP contribution in [0.4, 0.5) is 15.8 Å². The zero-order chi connectivity index (χ0) is 15.8. The Balaban J connectivity index is 2.48. The van der Waals surface area contributed by atoms with E-state index in [0.717, 1.165) is 12.1 Å². The van der Waals surface area contributed by atoms with Crippen molar-refractivity contribution in [2.45, 2.75) is 4.90 Å². The van der Waals surface area contributed by atoms with Crippen LogP contribution in [0.2, 0.25) is 10.0 Å². The van der Waals surface area contributed by atoms with E-state index in [1.54, 1.807) is 6.07 Å². The zero-order valence-corrected chi connectivity index (χ0v) is 14.1. The molecule has 3 N–H and O–H groups in total. The number of anilines is 2. The minimum Gasteiger partial charge on any atom is -0.396 e. The smallest absolute Gasteiger partial charge is 0.263 e. The highest BCUT2D eigenvalue weighted by Gasteiger charge is 2.21. The summed E-state index contributed by atoms with van der Waals surface area (Å²) in [7, 11) is -4.01. The highest BCUT2D eigenvalue weighted by molar-refractivity contribution is 9.10. The Labute approximate surface area is 139 Å². The van der Waals surface area contributed by atoms with Crippen molar-refractivity contribution < 1.29 is 12.8 Å². The van der Waals surface area contributed by atoms with E-state index in [4.69, 9.17) is 28.9 Å². The van der Waals surface area contributed by atoms with E-state index in [2.05, 4.69) is 20.7 Å². The van der Waals surface area contributed by atoms with Gasteiger partial charge in [-0.05, 0) is 40.2 Å². The Morgan fingerprint density at radius 3 is 2.57 bits per heavy atom. The van der Waals surface area contributed by atoms with Crippen LogP contribution in [0.25, 0.3) is 0 Å². The van der Waals surface area contributed by atoms with Crippen LogP contribution in [0.15, 0.2) is 39.7 Å². The molecular weight excluding hydrogens is 406 g/mol. The number of halogens is 4. The number of benzene rings is 2. The van der Waals surface area contributed by atoms with Gasteiger partial charge in [0.15, 0.2) is 0 Å². The Hall–Kier alpha value is -1.02. The van der Waals surface area contributed by atoms with Crippen molar-refractivity contribution >= 4 is 60.5 Å². The summed E-state index contributed by atoms with van der Waals surface area (Å²) in [5.74, 6) is -0.721. The first kappa shape index (κ1) is 16.4. The second kappa shape index (κ2) is 6.00. The molecule has 4 nitrogen and oxygen atoms in total. The molecule has 0 saturated carbocycles. The van der Waals surface area contributed by atoms with Crippen LogP contribution in [0.5, 0.6) is 0 Å². The normalized spacial score (nSPS) is 11.4. The predicted molar refractivity (Wildman–Crippen MR) is 85.8 cm³/mol. The molecule has 0 fully saturated rings. The van der Waals surface area contributed by atoms with Gasteiger partial charge >= 0.3 is 0 Å². The SMILES string of the molecule is Nc1cc(S(=O)(=O)Nc2cccc(Cl)c2Cl)c(Br)cc1F. The molecule has 9 heteroatoms. The van der Waals surface area contributed by atoms with Gasteiger partial charge in [-0.15, -0.1) is 0 Å². The summed E-state index contributed by atoms with van der Waals surface area (Å²) >= 11 is 14.7. The molecule has 0 heterocycles. The highest BCUT2D eigenvalue weighted by atomic mass is 79.9. The van der Waals surface area contributed by atoms with Crippen molar-refractivity contribution in [3.8, 4) is 0 Å². The Morgan fingerprint density at radius 2 is 1.90 bits per heavy atom. The van der Waals surface area contributed by atoms with E-state index in [-0.39, 0.29) is 30.8 Å². The predicted octanol–water partition coefficient (Wildman–Crippen LogP) is 4.28. The molecule has 0 spiro atoms. The van der Waals surface area contributed by atoms with E-state index in [1.807, 2.05) is 0 Å². The zero-order valence-electron chi connectivity index (χ0n) is 10.2. The minimum absolute atomic E-state index is 0.0415. The molecule has 0 saturated heterocycles. The summed E-state index contributed by atoms with van der Waals surface area (Å²) in [5, 5.41) is 0.267. The molecule has 21 heavy (non-hydrogen) atoms. The molecule has 0 amide bonds. The summed E-state index contributed by atoms with van der Waals surface area (Å²) in [6.07, 6.45) is 0. The largest absolute Gasteiger partial charge is 0.396 e. The number of nitrogen functional groups attached to an aromatic ring is 1. The Morgan fingerprint density at radius 1 is 1.24 bits per heavy atom. The molecule has 2 aromatic carbocycles. The Bertz CT molecular complexity index is 815. The number of nitrogens with one attached hydrogen (secondary N) is 1. The third-order valence-corrected chi connectivity index (χ3v) is 5.68. The quantitative estimate of drug-likeness (QED) is 0.737. The van der Waals surface area contributed by atoms with E-state index in [0.29, 0.717) is 0 Å². The van der Waals surface area contributed by atoms with Gasteiger partial charge in [0.1, 0.15) is 10.7 Å². The second-order valence-electron chi connectivity index (χ2n) is 4.01. The summed E-state index contributed by atoms with van der Waals surface area (Å²) in [4.78, 5) is -0.211. The molecule has 0 aliphatic rings. The lowest BCUT2D eigenvalue weighted by atomic mass is 10.3. The van der Waals surface area contributed by atoms with Gasteiger partial charge in [-0.25, -0.2) is 12.8 Å². The molecule has 112 valence electrons. The third-order valence-electron chi connectivity index (χ3n) is 2.54. The average molecular weight is 414 g/mol. The first-order valence-corrected chi connectivity index (χ1v) is 8.47. The topological polar surface area (TPSA) is 72.2 Å². The molecule has 0 unspecified atom stereocenters. The fourth-order valence-electron chi connectivity index (χ4n) is 1.53. The van der Waals surface area contributed by atoms with Gasteiger partial charge in [0.05, 0.1) is 21.4 Å². The molecular formula is C12H8BrCl2FN2O2S. The number of rotatable bonds is 3. The Kier molecular flexibility index (Phi) is 4.67. The van der Waals surface area contributed by atoms with Crippen molar-refractivity contribution in [1.82, 2.24) is 0 Å². The summed E-state index contributed by atoms with van der Waals surface area (Å²) in [6, 6.07) is 6.50. The molecule has 2 aromatic rings. The third kappa shape index (κ3) is 3.42. The van der Waals surface area contributed by atoms with Gasteiger partial charge in [0.25, 0.3) is 10.0 Å². The van der Waals surface area contributed by atoms with Gasteiger partial charge in [-0.2, -0.15) is 0 Å². The van der Waals surface area contributed by atoms with Gasteiger partial charge < -0.3 is 5.73 Å². The standard InChI is InChI=1S/C12H8BrCl2FN2O2S/c13-6-4-8(16)9(17)5-11(6)21(19,20)18-10-3-1-2-7(14)12(10)15/h1-5,18H,17H2. The van der Waals surface area contributed by atoms with Crippen LogP contribution in [-0.4, -0.2) is 8.42 Å². The number of nitrogens with two attached hydrogens (primary N) is 1. The van der Waals surface area contributed by atoms with Gasteiger partial charge in [0, 0.05) is 4.47 Å². The fourth-order valence-corrected chi connectivity index (χ4v) is 4.06. The lowest BCUT2D eigenvalue weighted by molar-refractivity contribution is 0.599. The molecule has 0 aromatic heterocycles. The van der Waals surface area contributed by atoms with E-state index >= 15 is 0 Å². The summed E-state index contributed by atoms with van der Waals surface area (Å²) in [5.41, 5.74) is 5.23. The van der Waals surface area contributed by atoms with Crippen LogP contribution in [0.3, 0.4) is 0 Å². The number of hydrogen-bond donors (Lipinski definition) is 2. The average Bonchev–Trinajstić information content (AvgIpc) is 2.39. The molecule has 0 aliphatic carbocycles. The molecule has 0 aliphatic heterocycles. The summed E-state index contributed by atoms with van der Waals surface area (Å²) < 4.78 is 40.3. The summed E-state index contributed by atoms with van der Waals surface area (Å²) in [6.45, 7) is 0. The maximum absolute atomic E-state index is 13.3. The van der Waals surface area contributed by atoms with Crippen LogP contribution in [0, 0.1) is 5.82 Å².